The van der Waals surface area contributed by atoms with Crippen molar-refractivity contribution in [2.75, 3.05) is 0 Å². The smallest absolute Gasteiger partial charge is 0.409 e. The van der Waals surface area contributed by atoms with Crippen LogP contribution < -0.4 is 0 Å². The van der Waals surface area contributed by atoms with Gasteiger partial charge in [0, 0.05) is 0 Å². The highest BCUT2D eigenvalue weighted by Gasteiger charge is 2.42. The Morgan fingerprint density at radius 2 is 0.925 bits per heavy atom. The molecule has 8 atom stereocenters. The first-order chi connectivity index (χ1) is 32.2. The van der Waals surface area contributed by atoms with Gasteiger partial charge in [0.1, 0.15) is 0 Å². The zero-order valence-electron chi connectivity index (χ0n) is 42.4. The first kappa shape index (κ1) is 64.6. The van der Waals surface area contributed by atoms with Gasteiger partial charge in [-0.05, 0) is 119 Å². The summed E-state index contributed by atoms with van der Waals surface area (Å²) in [6, 6.07) is 6.27. The maximum absolute atomic E-state index is 6.70. The first-order valence-corrected chi connectivity index (χ1v) is 54.6. The number of unbranched alkanes of at least 4 members (excludes halogenated alkanes) is 7. The van der Waals surface area contributed by atoms with E-state index >= 15 is 0 Å². The minimum Gasteiger partial charge on any atom is -0.435 e. The lowest BCUT2D eigenvalue weighted by atomic mass is 10.2. The standard InChI is InChI=1S/C33H83O16Si18/c1-12-23-33(25-30-65-44-60(7)40-57(4)41-61(8)45-65)53-37-55-36-52-28-20-17-24-32(2)66-46-62(9)48-67(11,49-63(10)47-66)31-22-16-14-19-27-51-35-54-34-50-26-18-13-15-21-29-64-42-58(5)38-56(3)39-59(6)43-64/h32-33,56-63H,12-31H2,1-11H3. The van der Waals surface area contributed by atoms with E-state index in [1.54, 1.807) is 0 Å². The van der Waals surface area contributed by atoms with Gasteiger partial charge in [0.25, 0.3) is 74.3 Å². The van der Waals surface area contributed by atoms with Gasteiger partial charge < -0.3 is 65.8 Å². The molecule has 15 radical (unpaired) electrons. The van der Waals surface area contributed by atoms with E-state index in [0.29, 0.717) is 50.1 Å². The van der Waals surface area contributed by atoms with E-state index in [9.17, 15) is 0 Å². The molecule has 3 aliphatic heterocycles. The minimum absolute atomic E-state index is 0.108. The van der Waals surface area contributed by atoms with E-state index in [0.717, 1.165) is 87.6 Å². The van der Waals surface area contributed by atoms with Gasteiger partial charge in [-0.3, -0.25) is 0 Å². The molecule has 383 valence electrons. The molecule has 0 aromatic heterocycles. The van der Waals surface area contributed by atoms with Crippen LogP contribution >= 0.6 is 0 Å². The lowest BCUT2D eigenvalue weighted by Crippen LogP contribution is -2.54. The van der Waals surface area contributed by atoms with Crippen molar-refractivity contribution in [2.45, 2.75) is 210 Å². The Bertz CT molecular complexity index is 1180. The van der Waals surface area contributed by atoms with Crippen LogP contribution in [0.15, 0.2) is 0 Å². The second-order valence-corrected chi connectivity index (χ2v) is 52.2. The van der Waals surface area contributed by atoms with Gasteiger partial charge in [-0.1, -0.05) is 90.9 Å². The Labute approximate surface area is 442 Å². The van der Waals surface area contributed by atoms with Crippen LogP contribution in [0.25, 0.3) is 0 Å². The highest BCUT2D eigenvalue weighted by molar-refractivity contribution is 6.81. The molecule has 0 aromatic carbocycles. The molecule has 0 spiro atoms. The van der Waals surface area contributed by atoms with E-state index in [4.69, 9.17) is 65.8 Å². The Balaban J connectivity index is 1.12. The predicted molar refractivity (Wildman–Crippen MR) is 297 cm³/mol. The van der Waals surface area contributed by atoms with Crippen LogP contribution in [0.1, 0.15) is 104 Å². The van der Waals surface area contributed by atoms with Gasteiger partial charge in [-0.2, -0.15) is 0 Å². The average Bonchev–Trinajstić information content (AvgIpc) is 3.23. The van der Waals surface area contributed by atoms with Crippen molar-refractivity contribution in [3.05, 3.63) is 0 Å². The van der Waals surface area contributed by atoms with Crippen molar-refractivity contribution >= 4 is 170 Å². The third kappa shape index (κ3) is 32.5. The molecule has 0 aromatic rings. The van der Waals surface area contributed by atoms with Crippen LogP contribution in [0.3, 0.4) is 0 Å². The van der Waals surface area contributed by atoms with Crippen LogP contribution in [0.5, 0.6) is 0 Å². The summed E-state index contributed by atoms with van der Waals surface area (Å²) < 4.78 is 99.2. The molecule has 0 bridgehead atoms. The molecular formula is C33H83O16Si18. The largest absolute Gasteiger partial charge is 0.435 e. The molecule has 0 aliphatic carbocycles. The lowest BCUT2D eigenvalue weighted by Gasteiger charge is -2.38. The van der Waals surface area contributed by atoms with E-state index in [1.807, 2.05) is 0 Å². The third-order valence-electron chi connectivity index (χ3n) is 10.7. The van der Waals surface area contributed by atoms with Crippen LogP contribution in [-0.4, -0.2) is 170 Å². The predicted octanol–water partition coefficient (Wildman–Crippen LogP) is 5.09. The molecular weight excluding hydrogens is 1160 g/mol. The molecule has 8 unspecified atom stereocenters. The first-order valence-electron chi connectivity index (χ1n) is 24.9. The SMILES string of the molecule is CCCC(CC[Si]1O[SiH](C)O[SiH](C)O[SiH](C)O1)[Si]O[Si]O[Si]CCCCC(C)[Si]1O[SiH](C)O[Si](C)(CCCCCC[Si]O[Si]O[Si]CCCCCC[Si]2O[SiH](C)O[SiH](C)O[SiH](C)O2)O[SiH](C)O1. The van der Waals surface area contributed by atoms with Gasteiger partial charge in [0.2, 0.25) is 39.1 Å². The molecule has 16 nitrogen and oxygen atoms in total. The molecule has 34 heteroatoms. The zero-order chi connectivity index (χ0) is 48.7. The van der Waals surface area contributed by atoms with Crippen molar-refractivity contribution in [1.29, 1.82) is 0 Å². The summed E-state index contributed by atoms with van der Waals surface area (Å²) in [6.07, 6.45) is 16.2. The molecule has 3 fully saturated rings. The van der Waals surface area contributed by atoms with Crippen LogP contribution in [0.2, 0.25) is 106 Å². The minimum atomic E-state index is -2.31. The second-order valence-electron chi connectivity index (χ2n) is 17.4. The molecule has 67 heavy (non-hydrogen) atoms. The quantitative estimate of drug-likeness (QED) is 0.0622. The van der Waals surface area contributed by atoms with E-state index < -0.39 is 111 Å². The van der Waals surface area contributed by atoms with E-state index in [2.05, 4.69) is 72.8 Å². The molecule has 3 aliphatic rings. The Morgan fingerprint density at radius 1 is 0.478 bits per heavy atom. The summed E-state index contributed by atoms with van der Waals surface area (Å²) in [5, 5.41) is 0. The fraction of sp³-hybridized carbons (Fsp3) is 1.00. The average molecular weight is 1240 g/mol. The molecule has 3 saturated heterocycles. The topological polar surface area (TPSA) is 148 Å². The maximum Gasteiger partial charge on any atom is 0.409 e. The fourth-order valence-corrected chi connectivity index (χ4v) is 52.3. The van der Waals surface area contributed by atoms with Crippen molar-refractivity contribution in [1.82, 2.24) is 0 Å². The summed E-state index contributed by atoms with van der Waals surface area (Å²) >= 11 is 0. The molecule has 0 saturated carbocycles. The van der Waals surface area contributed by atoms with Crippen LogP contribution in [0, 0.1) is 0 Å². The van der Waals surface area contributed by atoms with Crippen LogP contribution in [0.4, 0.5) is 0 Å². The molecule has 3 rings (SSSR count). The zero-order valence-corrected chi connectivity index (χ0v) is 61.7. The summed E-state index contributed by atoms with van der Waals surface area (Å²) in [5.74, 6) is 0. The normalized spacial score (nSPS) is 30.0. The third-order valence-corrected chi connectivity index (χ3v) is 53.6. The summed E-state index contributed by atoms with van der Waals surface area (Å²) in [5.41, 5.74) is 0.914. The summed E-state index contributed by atoms with van der Waals surface area (Å²) in [7, 11) is -17.5. The number of hydrogen-bond acceptors (Lipinski definition) is 16. The van der Waals surface area contributed by atoms with Crippen LogP contribution in [-0.2, 0) is 65.8 Å². The fourth-order valence-electron chi connectivity index (χ4n) is 7.65. The number of hydrogen-bond donors (Lipinski definition) is 0. The molecule has 0 amide bonds. The van der Waals surface area contributed by atoms with Gasteiger partial charge in [-0.15, -0.1) is 0 Å². The Kier molecular flexibility index (Phi) is 38.2. The monoisotopic (exact) mass is 1240 g/mol. The van der Waals surface area contributed by atoms with E-state index in [1.165, 1.54) is 38.5 Å². The van der Waals surface area contributed by atoms with Gasteiger partial charge in [0.05, 0.1) is 0 Å². The lowest BCUT2D eigenvalue weighted by molar-refractivity contribution is 0.263. The van der Waals surface area contributed by atoms with Crippen molar-refractivity contribution in [3.8, 4) is 0 Å². The molecule has 3 heterocycles. The summed E-state index contributed by atoms with van der Waals surface area (Å²) in [4.78, 5) is 0. The highest BCUT2D eigenvalue weighted by atomic mass is 28.5. The van der Waals surface area contributed by atoms with Gasteiger partial charge >= 0.3 is 56.4 Å². The molecule has 0 N–H and O–H groups in total. The highest BCUT2D eigenvalue weighted by Crippen LogP contribution is 2.28. The Hall–Kier alpha value is 3.26. The second kappa shape index (κ2) is 39.6. The maximum atomic E-state index is 6.70. The summed E-state index contributed by atoms with van der Waals surface area (Å²) in [6.45, 7) is 23.6. The van der Waals surface area contributed by atoms with Gasteiger partial charge in [0.15, 0.2) is 0 Å². The van der Waals surface area contributed by atoms with E-state index in [-0.39, 0.29) is 20.0 Å². The Morgan fingerprint density at radius 3 is 1.43 bits per heavy atom. The van der Waals surface area contributed by atoms with Crippen molar-refractivity contribution in [2.24, 2.45) is 0 Å². The van der Waals surface area contributed by atoms with Crippen molar-refractivity contribution < 1.29 is 65.8 Å². The van der Waals surface area contributed by atoms with Gasteiger partial charge in [-0.25, -0.2) is 0 Å². The number of rotatable bonds is 34. The van der Waals surface area contributed by atoms with Crippen molar-refractivity contribution in [3.63, 3.8) is 0 Å².